The standard InChI is InChI=1S/C26H20N2O5/c1-17-7-5-11-20(15-17)27-24(19-10-6-12-21(16-19)28(32)33)23(25(30)26(27)31)22(29)14-13-18-8-3-2-4-9-18/h2-16,24,30H,1H3/b14-13+/t24-/m1/s1. The fourth-order valence-corrected chi connectivity index (χ4v) is 3.85. The minimum absolute atomic E-state index is 0.130. The first kappa shape index (κ1) is 21.7. The highest BCUT2D eigenvalue weighted by molar-refractivity contribution is 6.19. The van der Waals surface area contributed by atoms with Gasteiger partial charge in [0.2, 0.25) is 0 Å². The third kappa shape index (κ3) is 4.29. The van der Waals surface area contributed by atoms with Crippen molar-refractivity contribution in [3.05, 3.63) is 123 Å². The van der Waals surface area contributed by atoms with Crippen LogP contribution in [0, 0.1) is 17.0 Å². The Hall–Kier alpha value is -4.52. The van der Waals surface area contributed by atoms with Gasteiger partial charge in [0.1, 0.15) is 0 Å². The van der Waals surface area contributed by atoms with Crippen LogP contribution in [0.25, 0.3) is 6.08 Å². The molecule has 3 aromatic carbocycles. The molecule has 7 heteroatoms. The number of aryl methyl sites for hydroxylation is 1. The maximum atomic E-state index is 13.2. The molecule has 1 atom stereocenters. The number of hydrogen-bond donors (Lipinski definition) is 1. The summed E-state index contributed by atoms with van der Waals surface area (Å²) in [6.07, 6.45) is 2.88. The Morgan fingerprint density at radius 1 is 1.03 bits per heavy atom. The lowest BCUT2D eigenvalue weighted by Gasteiger charge is -2.27. The average molecular weight is 440 g/mol. The summed E-state index contributed by atoms with van der Waals surface area (Å²) in [5, 5.41) is 22.1. The normalized spacial score (nSPS) is 16.0. The van der Waals surface area contributed by atoms with Gasteiger partial charge in [-0.3, -0.25) is 24.6 Å². The van der Waals surface area contributed by atoms with Crippen molar-refractivity contribution >= 4 is 29.1 Å². The van der Waals surface area contributed by atoms with Crippen LogP contribution in [0.2, 0.25) is 0 Å². The van der Waals surface area contributed by atoms with Crippen molar-refractivity contribution in [2.24, 2.45) is 0 Å². The molecule has 0 fully saturated rings. The summed E-state index contributed by atoms with van der Waals surface area (Å²) in [5.41, 5.74) is 2.16. The van der Waals surface area contributed by atoms with Crippen LogP contribution in [0.15, 0.2) is 96.3 Å². The van der Waals surface area contributed by atoms with Gasteiger partial charge in [0, 0.05) is 17.8 Å². The van der Waals surface area contributed by atoms with Gasteiger partial charge in [-0.05, 0) is 41.8 Å². The highest BCUT2D eigenvalue weighted by Crippen LogP contribution is 2.42. The Bertz CT molecular complexity index is 1310. The van der Waals surface area contributed by atoms with Crippen LogP contribution in [-0.4, -0.2) is 21.7 Å². The van der Waals surface area contributed by atoms with Gasteiger partial charge in [0.05, 0.1) is 16.5 Å². The zero-order valence-electron chi connectivity index (χ0n) is 17.7. The second-order valence-electron chi connectivity index (χ2n) is 7.64. The van der Waals surface area contributed by atoms with E-state index in [2.05, 4.69) is 0 Å². The van der Waals surface area contributed by atoms with Crippen LogP contribution in [0.5, 0.6) is 0 Å². The van der Waals surface area contributed by atoms with Crippen molar-refractivity contribution in [3.63, 3.8) is 0 Å². The third-order valence-electron chi connectivity index (χ3n) is 5.38. The Morgan fingerprint density at radius 3 is 2.45 bits per heavy atom. The summed E-state index contributed by atoms with van der Waals surface area (Å²) in [5.74, 6) is -1.97. The summed E-state index contributed by atoms with van der Waals surface area (Å²) in [7, 11) is 0. The summed E-state index contributed by atoms with van der Waals surface area (Å²) in [6, 6.07) is 20.9. The monoisotopic (exact) mass is 440 g/mol. The van der Waals surface area contributed by atoms with E-state index in [4.69, 9.17) is 0 Å². The van der Waals surface area contributed by atoms with Gasteiger partial charge >= 0.3 is 0 Å². The van der Waals surface area contributed by atoms with E-state index in [1.54, 1.807) is 30.3 Å². The molecule has 7 nitrogen and oxygen atoms in total. The average Bonchev–Trinajstić information content (AvgIpc) is 3.09. The van der Waals surface area contributed by atoms with Gasteiger partial charge in [-0.25, -0.2) is 0 Å². The first-order valence-corrected chi connectivity index (χ1v) is 10.2. The number of aliphatic hydroxyl groups excluding tert-OH is 1. The topological polar surface area (TPSA) is 101 Å². The molecule has 164 valence electrons. The summed E-state index contributed by atoms with van der Waals surface area (Å²) in [4.78, 5) is 38.4. The number of nitro groups is 1. The van der Waals surface area contributed by atoms with Crippen molar-refractivity contribution in [1.29, 1.82) is 0 Å². The van der Waals surface area contributed by atoms with E-state index >= 15 is 0 Å². The van der Waals surface area contributed by atoms with Gasteiger partial charge in [0.15, 0.2) is 11.5 Å². The molecule has 4 rings (SSSR count). The molecule has 0 saturated heterocycles. The second kappa shape index (κ2) is 8.92. The molecule has 1 aliphatic rings. The van der Waals surface area contributed by atoms with Crippen LogP contribution in [-0.2, 0) is 9.59 Å². The lowest BCUT2D eigenvalue weighted by atomic mass is 9.95. The molecule has 3 aromatic rings. The lowest BCUT2D eigenvalue weighted by Crippen LogP contribution is -2.31. The number of allylic oxidation sites excluding steroid dienone is 1. The van der Waals surface area contributed by atoms with Crippen molar-refractivity contribution in [3.8, 4) is 0 Å². The number of carbonyl (C=O) groups excluding carboxylic acids is 2. The molecule has 0 aromatic heterocycles. The second-order valence-corrected chi connectivity index (χ2v) is 7.64. The zero-order chi connectivity index (χ0) is 23.5. The van der Waals surface area contributed by atoms with E-state index in [-0.39, 0.29) is 11.3 Å². The molecular formula is C26H20N2O5. The van der Waals surface area contributed by atoms with Crippen LogP contribution < -0.4 is 4.90 Å². The number of ketones is 1. The maximum Gasteiger partial charge on any atom is 0.294 e. The largest absolute Gasteiger partial charge is 0.503 e. The highest BCUT2D eigenvalue weighted by atomic mass is 16.6. The predicted octanol–water partition coefficient (Wildman–Crippen LogP) is 5.09. The maximum absolute atomic E-state index is 13.2. The number of nitro benzene ring substituents is 1. The molecule has 0 bridgehead atoms. The van der Waals surface area contributed by atoms with E-state index in [1.165, 1.54) is 29.2 Å². The zero-order valence-corrected chi connectivity index (χ0v) is 17.7. The lowest BCUT2D eigenvalue weighted by molar-refractivity contribution is -0.384. The number of aliphatic hydroxyl groups is 1. The first-order valence-electron chi connectivity index (χ1n) is 10.2. The number of benzene rings is 3. The number of anilines is 1. The Labute approximate surface area is 190 Å². The summed E-state index contributed by atoms with van der Waals surface area (Å²) < 4.78 is 0. The van der Waals surface area contributed by atoms with Gasteiger partial charge in [-0.15, -0.1) is 0 Å². The summed E-state index contributed by atoms with van der Waals surface area (Å²) in [6.45, 7) is 1.86. The Kier molecular flexibility index (Phi) is 5.87. The van der Waals surface area contributed by atoms with Gasteiger partial charge in [-0.2, -0.15) is 0 Å². The number of hydrogen-bond acceptors (Lipinski definition) is 5. The smallest absolute Gasteiger partial charge is 0.294 e. The first-order chi connectivity index (χ1) is 15.9. The van der Waals surface area contributed by atoms with Gasteiger partial charge < -0.3 is 5.11 Å². The SMILES string of the molecule is Cc1cccc(N2C(=O)C(O)=C(C(=O)/C=C/c3ccccc3)[C@H]2c2cccc([N+](=O)[O-])c2)c1. The highest BCUT2D eigenvalue weighted by Gasteiger charge is 2.44. The van der Waals surface area contributed by atoms with E-state index in [0.717, 1.165) is 11.1 Å². The fourth-order valence-electron chi connectivity index (χ4n) is 3.85. The van der Waals surface area contributed by atoms with E-state index < -0.39 is 28.4 Å². The molecule has 1 aliphatic heterocycles. The van der Waals surface area contributed by atoms with Crippen molar-refractivity contribution in [2.75, 3.05) is 4.90 Å². The fraction of sp³-hybridized carbons (Fsp3) is 0.0769. The quantitative estimate of drug-likeness (QED) is 0.327. The minimum atomic E-state index is -1.02. The Balaban J connectivity index is 1.83. The van der Waals surface area contributed by atoms with Crippen LogP contribution in [0.1, 0.15) is 22.7 Å². The summed E-state index contributed by atoms with van der Waals surface area (Å²) >= 11 is 0. The number of non-ortho nitro benzene ring substituents is 1. The molecule has 0 saturated carbocycles. The predicted molar refractivity (Wildman–Crippen MR) is 125 cm³/mol. The third-order valence-corrected chi connectivity index (χ3v) is 5.38. The minimum Gasteiger partial charge on any atom is -0.503 e. The Morgan fingerprint density at radius 2 is 1.76 bits per heavy atom. The van der Waals surface area contributed by atoms with E-state index in [9.17, 15) is 24.8 Å². The molecule has 0 unspecified atom stereocenters. The number of rotatable bonds is 6. The van der Waals surface area contributed by atoms with Crippen LogP contribution in [0.4, 0.5) is 11.4 Å². The van der Waals surface area contributed by atoms with E-state index in [0.29, 0.717) is 11.3 Å². The van der Waals surface area contributed by atoms with Gasteiger partial charge in [-0.1, -0.05) is 60.7 Å². The van der Waals surface area contributed by atoms with Gasteiger partial charge in [0.25, 0.3) is 11.6 Å². The van der Waals surface area contributed by atoms with Crippen molar-refractivity contribution in [1.82, 2.24) is 0 Å². The molecule has 1 heterocycles. The molecule has 1 N–H and O–H groups in total. The van der Waals surface area contributed by atoms with Crippen LogP contribution in [0.3, 0.4) is 0 Å². The van der Waals surface area contributed by atoms with Crippen LogP contribution >= 0.6 is 0 Å². The molecule has 1 amide bonds. The van der Waals surface area contributed by atoms with Crippen molar-refractivity contribution in [2.45, 2.75) is 13.0 Å². The molecule has 33 heavy (non-hydrogen) atoms. The molecule has 0 aliphatic carbocycles. The molecule has 0 spiro atoms. The number of carbonyl (C=O) groups is 2. The number of amides is 1. The van der Waals surface area contributed by atoms with Crippen molar-refractivity contribution < 1.29 is 19.6 Å². The molecule has 0 radical (unpaired) electrons. The number of nitrogens with zero attached hydrogens (tertiary/aromatic N) is 2. The van der Waals surface area contributed by atoms with E-state index in [1.807, 2.05) is 43.3 Å². The molecular weight excluding hydrogens is 420 g/mol.